The smallest absolute Gasteiger partial charge is 0.335 e. The zero-order valence-corrected chi connectivity index (χ0v) is 14.3. The normalized spacial score (nSPS) is 15.6. The molecule has 26 heavy (non-hydrogen) atoms. The number of aromatic carboxylic acids is 1. The van der Waals surface area contributed by atoms with Crippen LogP contribution in [0.25, 0.3) is 5.69 Å². The van der Waals surface area contributed by atoms with Crippen LogP contribution in [0.5, 0.6) is 0 Å². The van der Waals surface area contributed by atoms with Crippen LogP contribution >= 0.6 is 0 Å². The molecule has 0 radical (unpaired) electrons. The lowest BCUT2D eigenvalue weighted by atomic mass is 9.99. The number of carbonyl (C=O) groups is 1. The number of benzene rings is 2. The minimum Gasteiger partial charge on any atom is -0.478 e. The van der Waals surface area contributed by atoms with Gasteiger partial charge in [0.2, 0.25) is 0 Å². The Balaban J connectivity index is 2.05. The number of aliphatic imine (C=N–C) groups is 1. The maximum absolute atomic E-state index is 11.5. The van der Waals surface area contributed by atoms with Gasteiger partial charge >= 0.3 is 5.97 Å². The Morgan fingerprint density at radius 3 is 2.62 bits per heavy atom. The van der Waals surface area contributed by atoms with Gasteiger partial charge < -0.3 is 5.11 Å². The number of nitrogens with zero attached hydrogens (tertiary/aromatic N) is 4. The van der Waals surface area contributed by atoms with Gasteiger partial charge in [0, 0.05) is 11.1 Å². The minimum absolute atomic E-state index is 0.207. The van der Waals surface area contributed by atoms with Gasteiger partial charge in [-0.05, 0) is 32.2 Å². The molecule has 0 aliphatic carbocycles. The van der Waals surface area contributed by atoms with E-state index in [2.05, 4.69) is 15.5 Å². The van der Waals surface area contributed by atoms with E-state index in [0.717, 1.165) is 16.8 Å². The fourth-order valence-corrected chi connectivity index (χ4v) is 3.18. The molecule has 1 unspecified atom stereocenters. The number of aryl methyl sites for hydroxylation is 1. The highest BCUT2D eigenvalue weighted by molar-refractivity contribution is 6.15. The van der Waals surface area contributed by atoms with E-state index in [1.54, 1.807) is 18.2 Å². The third-order valence-corrected chi connectivity index (χ3v) is 4.41. The lowest BCUT2D eigenvalue weighted by molar-refractivity contribution is 0.0697. The zero-order valence-electron chi connectivity index (χ0n) is 14.3. The highest BCUT2D eigenvalue weighted by atomic mass is 16.4. The number of aromatic nitrogens is 3. The first-order chi connectivity index (χ1) is 12.6. The van der Waals surface area contributed by atoms with Crippen molar-refractivity contribution in [2.24, 2.45) is 4.99 Å². The molecule has 2 N–H and O–H groups in total. The van der Waals surface area contributed by atoms with Gasteiger partial charge in [-0.1, -0.05) is 30.3 Å². The summed E-state index contributed by atoms with van der Waals surface area (Å²) in [5.41, 5.74) is 3.49. The second-order valence-electron chi connectivity index (χ2n) is 6.01. The Labute approximate surface area is 150 Å². The summed E-state index contributed by atoms with van der Waals surface area (Å²) in [5, 5.41) is 21.0. The predicted octanol–water partition coefficient (Wildman–Crippen LogP) is 2.34. The zero-order chi connectivity index (χ0) is 18.3. The molecule has 7 nitrogen and oxygen atoms in total. The molecule has 0 saturated heterocycles. The first-order valence-electron chi connectivity index (χ1n) is 8.20. The number of carboxylic acid groups (broad SMARTS) is 1. The molecule has 0 amide bonds. The molecule has 0 fully saturated rings. The first kappa shape index (κ1) is 16.2. The Morgan fingerprint density at radius 1 is 1.15 bits per heavy atom. The number of fused-ring (bicyclic) bond motifs is 3. The van der Waals surface area contributed by atoms with Crippen LogP contribution in [0, 0.1) is 6.92 Å². The van der Waals surface area contributed by atoms with E-state index >= 15 is 0 Å². The second-order valence-corrected chi connectivity index (χ2v) is 6.01. The average Bonchev–Trinajstić information content (AvgIpc) is 2.97. The highest BCUT2D eigenvalue weighted by Gasteiger charge is 2.27. The predicted molar refractivity (Wildman–Crippen MR) is 96.9 cm³/mol. The van der Waals surface area contributed by atoms with E-state index < -0.39 is 12.1 Å². The fraction of sp³-hybridized carbons (Fsp3) is 0.158. The molecule has 3 aromatic rings. The SMILES string of the molecule is CNC1N=C(c2ccccc2)c2ccc(C(=O)O)cc2-n2c(C)nnc21. The third-order valence-electron chi connectivity index (χ3n) is 4.41. The lowest BCUT2D eigenvalue weighted by Crippen LogP contribution is -2.18. The maximum Gasteiger partial charge on any atom is 0.335 e. The van der Waals surface area contributed by atoms with Crippen LogP contribution < -0.4 is 5.32 Å². The quantitative estimate of drug-likeness (QED) is 0.759. The molecule has 4 rings (SSSR count). The van der Waals surface area contributed by atoms with E-state index in [1.807, 2.05) is 48.9 Å². The standard InChI is InChI=1S/C19H17N5O2/c1-11-22-23-18-17(20-2)21-16(12-6-4-3-5-7-12)14-9-8-13(19(25)26)10-15(14)24(11)18/h3-10,17,20H,1-2H3,(H,25,26). The number of hydrogen-bond donors (Lipinski definition) is 2. The van der Waals surface area contributed by atoms with Gasteiger partial charge in [-0.2, -0.15) is 0 Å². The van der Waals surface area contributed by atoms with Crippen molar-refractivity contribution in [2.75, 3.05) is 7.05 Å². The van der Waals surface area contributed by atoms with Gasteiger partial charge in [0.1, 0.15) is 5.82 Å². The molecule has 130 valence electrons. The summed E-state index contributed by atoms with van der Waals surface area (Å²) >= 11 is 0. The summed E-state index contributed by atoms with van der Waals surface area (Å²) in [7, 11) is 1.81. The summed E-state index contributed by atoms with van der Waals surface area (Å²) in [5.74, 6) is 0.320. The average molecular weight is 347 g/mol. The van der Waals surface area contributed by atoms with Crippen molar-refractivity contribution in [2.45, 2.75) is 13.1 Å². The Kier molecular flexibility index (Phi) is 3.85. The maximum atomic E-state index is 11.5. The van der Waals surface area contributed by atoms with Crippen LogP contribution in [0.4, 0.5) is 0 Å². The molecule has 1 aromatic heterocycles. The molecule has 7 heteroatoms. The van der Waals surface area contributed by atoms with Crippen molar-refractivity contribution in [1.82, 2.24) is 20.1 Å². The van der Waals surface area contributed by atoms with E-state index in [1.165, 1.54) is 0 Å². The number of carboxylic acids is 1. The molecule has 0 spiro atoms. The molecular weight excluding hydrogens is 330 g/mol. The van der Waals surface area contributed by atoms with Crippen LogP contribution in [0.2, 0.25) is 0 Å². The van der Waals surface area contributed by atoms with Crippen LogP contribution in [-0.2, 0) is 0 Å². The molecule has 0 saturated carbocycles. The van der Waals surface area contributed by atoms with Gasteiger partial charge in [0.25, 0.3) is 0 Å². The van der Waals surface area contributed by atoms with Crippen LogP contribution in [0.15, 0.2) is 53.5 Å². The van der Waals surface area contributed by atoms with Crippen molar-refractivity contribution in [1.29, 1.82) is 0 Å². The van der Waals surface area contributed by atoms with Crippen molar-refractivity contribution < 1.29 is 9.90 Å². The molecule has 2 aromatic carbocycles. The van der Waals surface area contributed by atoms with Crippen LogP contribution in [0.1, 0.15) is 39.3 Å². The number of rotatable bonds is 3. The van der Waals surface area contributed by atoms with Crippen molar-refractivity contribution in [3.63, 3.8) is 0 Å². The van der Waals surface area contributed by atoms with Gasteiger partial charge in [-0.3, -0.25) is 14.9 Å². The summed E-state index contributed by atoms with van der Waals surface area (Å²) in [6.07, 6.45) is -0.396. The van der Waals surface area contributed by atoms with Crippen molar-refractivity contribution in [3.8, 4) is 5.69 Å². The Hall–Kier alpha value is -3.32. The van der Waals surface area contributed by atoms with Crippen LogP contribution in [0.3, 0.4) is 0 Å². The van der Waals surface area contributed by atoms with Gasteiger partial charge in [-0.15, -0.1) is 10.2 Å². The van der Waals surface area contributed by atoms with Gasteiger partial charge in [0.15, 0.2) is 12.0 Å². The summed E-state index contributed by atoms with van der Waals surface area (Å²) in [6.45, 7) is 1.84. The van der Waals surface area contributed by atoms with Crippen LogP contribution in [-0.4, -0.2) is 38.6 Å². The third kappa shape index (κ3) is 2.49. The van der Waals surface area contributed by atoms with Gasteiger partial charge in [-0.25, -0.2) is 4.79 Å². The molecule has 1 aliphatic rings. The number of hydrogen-bond acceptors (Lipinski definition) is 5. The molecule has 2 heterocycles. The summed E-state index contributed by atoms with van der Waals surface area (Å²) in [4.78, 5) is 16.4. The van der Waals surface area contributed by atoms with E-state index in [0.29, 0.717) is 17.3 Å². The highest BCUT2D eigenvalue weighted by Crippen LogP contribution is 2.30. The van der Waals surface area contributed by atoms with E-state index in [4.69, 9.17) is 4.99 Å². The van der Waals surface area contributed by atoms with Crippen molar-refractivity contribution in [3.05, 3.63) is 76.9 Å². The molecular formula is C19H17N5O2. The fourth-order valence-electron chi connectivity index (χ4n) is 3.18. The Bertz CT molecular complexity index is 1020. The second kappa shape index (κ2) is 6.20. The lowest BCUT2D eigenvalue weighted by Gasteiger charge is -2.13. The summed E-state index contributed by atoms with van der Waals surface area (Å²) in [6, 6.07) is 14.9. The Morgan fingerprint density at radius 2 is 1.92 bits per heavy atom. The van der Waals surface area contributed by atoms with Gasteiger partial charge in [0.05, 0.1) is 17.0 Å². The van der Waals surface area contributed by atoms with E-state index in [-0.39, 0.29) is 5.56 Å². The largest absolute Gasteiger partial charge is 0.478 e. The molecule has 0 bridgehead atoms. The topological polar surface area (TPSA) is 92.4 Å². The monoisotopic (exact) mass is 347 g/mol. The van der Waals surface area contributed by atoms with E-state index in [9.17, 15) is 9.90 Å². The molecule has 1 aliphatic heterocycles. The number of nitrogens with one attached hydrogen (secondary N) is 1. The first-order valence-corrected chi connectivity index (χ1v) is 8.20. The molecule has 1 atom stereocenters. The minimum atomic E-state index is -0.979. The van der Waals surface area contributed by atoms with Crippen molar-refractivity contribution >= 4 is 11.7 Å². The summed E-state index contributed by atoms with van der Waals surface area (Å²) < 4.78 is 1.86.